The molecule has 0 aromatic carbocycles. The number of hydrogen-bond acceptors (Lipinski definition) is 5. The predicted molar refractivity (Wildman–Crippen MR) is 65.8 cm³/mol. The van der Waals surface area contributed by atoms with E-state index in [4.69, 9.17) is 9.47 Å². The van der Waals surface area contributed by atoms with Crippen LogP contribution in [0.4, 0.5) is 0 Å². The van der Waals surface area contributed by atoms with E-state index in [1.165, 1.54) is 13.8 Å². The third kappa shape index (κ3) is 6.37. The normalized spacial score (nSPS) is 13.9. The average Bonchev–Trinajstić information content (AvgIpc) is 2.23. The minimum Gasteiger partial charge on any atom is -0.465 e. The average molecular weight is 258 g/mol. The molecule has 0 radical (unpaired) electrons. The standard InChI is InChI=1S/C13H22O5/c1-8(2)13(18-11(5)15)9(3)12(16)6-7-17-10(4)14/h8-9,13H,6-7H2,1-5H3/t9-,13-/m0/s1. The Morgan fingerprint density at radius 2 is 1.56 bits per heavy atom. The highest BCUT2D eigenvalue weighted by molar-refractivity contribution is 5.82. The van der Waals surface area contributed by atoms with E-state index in [-0.39, 0.29) is 24.7 Å². The van der Waals surface area contributed by atoms with Crippen molar-refractivity contribution >= 4 is 17.7 Å². The number of carbonyl (C=O) groups is 3. The minimum absolute atomic E-state index is 0.0570. The third-order valence-corrected chi connectivity index (χ3v) is 2.61. The van der Waals surface area contributed by atoms with E-state index in [0.29, 0.717) is 0 Å². The van der Waals surface area contributed by atoms with Gasteiger partial charge in [-0.3, -0.25) is 14.4 Å². The van der Waals surface area contributed by atoms with Crippen molar-refractivity contribution in [3.63, 3.8) is 0 Å². The molecule has 0 spiro atoms. The van der Waals surface area contributed by atoms with E-state index in [1.807, 2.05) is 13.8 Å². The van der Waals surface area contributed by atoms with Gasteiger partial charge in [0.15, 0.2) is 0 Å². The van der Waals surface area contributed by atoms with Gasteiger partial charge in [0, 0.05) is 20.3 Å². The summed E-state index contributed by atoms with van der Waals surface area (Å²) in [6.07, 6.45) is -0.294. The maximum Gasteiger partial charge on any atom is 0.302 e. The molecule has 0 aromatic rings. The predicted octanol–water partition coefficient (Wildman–Crippen LogP) is 1.73. The fraction of sp³-hybridized carbons (Fsp3) is 0.769. The summed E-state index contributed by atoms with van der Waals surface area (Å²) in [4.78, 5) is 33.4. The Morgan fingerprint density at radius 3 is 1.94 bits per heavy atom. The van der Waals surface area contributed by atoms with Crippen LogP contribution < -0.4 is 0 Å². The largest absolute Gasteiger partial charge is 0.465 e. The molecule has 104 valence electrons. The molecule has 0 aromatic heterocycles. The van der Waals surface area contributed by atoms with Crippen LogP contribution in [0.25, 0.3) is 0 Å². The van der Waals surface area contributed by atoms with Gasteiger partial charge < -0.3 is 9.47 Å². The second-order valence-corrected chi connectivity index (χ2v) is 4.66. The Kier molecular flexibility index (Phi) is 7.24. The molecule has 0 unspecified atom stereocenters. The second-order valence-electron chi connectivity index (χ2n) is 4.66. The summed E-state index contributed by atoms with van der Waals surface area (Å²) in [6.45, 7) is 8.20. The molecule has 0 aliphatic rings. The first-order valence-electron chi connectivity index (χ1n) is 6.09. The SMILES string of the molecule is CC(=O)OCCC(=O)[C@H](C)[C@@H](OC(C)=O)C(C)C. The van der Waals surface area contributed by atoms with Gasteiger partial charge in [-0.05, 0) is 5.92 Å². The fourth-order valence-corrected chi connectivity index (χ4v) is 1.71. The maximum absolute atomic E-state index is 11.9. The maximum atomic E-state index is 11.9. The van der Waals surface area contributed by atoms with Gasteiger partial charge in [-0.2, -0.15) is 0 Å². The van der Waals surface area contributed by atoms with Gasteiger partial charge in [-0.1, -0.05) is 20.8 Å². The first-order valence-corrected chi connectivity index (χ1v) is 6.09. The van der Waals surface area contributed by atoms with Crippen molar-refractivity contribution in [3.05, 3.63) is 0 Å². The van der Waals surface area contributed by atoms with Crippen molar-refractivity contribution in [2.24, 2.45) is 11.8 Å². The fourth-order valence-electron chi connectivity index (χ4n) is 1.71. The topological polar surface area (TPSA) is 69.7 Å². The minimum atomic E-state index is -0.438. The summed E-state index contributed by atoms with van der Waals surface area (Å²) < 4.78 is 9.87. The molecule has 0 N–H and O–H groups in total. The lowest BCUT2D eigenvalue weighted by molar-refractivity contribution is -0.153. The van der Waals surface area contributed by atoms with Crippen LogP contribution in [-0.4, -0.2) is 30.4 Å². The first-order chi connectivity index (χ1) is 8.25. The zero-order valence-corrected chi connectivity index (χ0v) is 11.7. The molecule has 0 amide bonds. The highest BCUT2D eigenvalue weighted by atomic mass is 16.5. The van der Waals surface area contributed by atoms with E-state index in [0.717, 1.165) is 0 Å². The number of hydrogen-bond donors (Lipinski definition) is 0. The quantitative estimate of drug-likeness (QED) is 0.650. The summed E-state index contributed by atoms with van der Waals surface area (Å²) in [5.41, 5.74) is 0. The number of carbonyl (C=O) groups excluding carboxylic acids is 3. The van der Waals surface area contributed by atoms with Crippen LogP contribution >= 0.6 is 0 Å². The molecule has 0 fully saturated rings. The van der Waals surface area contributed by atoms with Crippen LogP contribution in [0.5, 0.6) is 0 Å². The lowest BCUT2D eigenvalue weighted by Crippen LogP contribution is -2.34. The number of Topliss-reactive ketones (excluding diaryl/α,β-unsaturated/α-hetero) is 1. The summed E-state index contributed by atoms with van der Waals surface area (Å²) in [5, 5.41) is 0. The second kappa shape index (κ2) is 7.84. The molecule has 5 heteroatoms. The van der Waals surface area contributed by atoms with Gasteiger partial charge >= 0.3 is 11.9 Å². The highest BCUT2D eigenvalue weighted by Crippen LogP contribution is 2.19. The molecular weight excluding hydrogens is 236 g/mol. The molecule has 0 bridgehead atoms. The van der Waals surface area contributed by atoms with Gasteiger partial charge in [-0.15, -0.1) is 0 Å². The van der Waals surface area contributed by atoms with Gasteiger partial charge in [-0.25, -0.2) is 0 Å². The van der Waals surface area contributed by atoms with Gasteiger partial charge in [0.25, 0.3) is 0 Å². The summed E-state index contributed by atoms with van der Waals surface area (Å²) in [6, 6.07) is 0. The molecule has 2 atom stereocenters. The third-order valence-electron chi connectivity index (χ3n) is 2.61. The first kappa shape index (κ1) is 16.6. The number of ketones is 1. The van der Waals surface area contributed by atoms with Crippen molar-refractivity contribution in [3.8, 4) is 0 Å². The monoisotopic (exact) mass is 258 g/mol. The van der Waals surface area contributed by atoms with Crippen molar-refractivity contribution in [1.82, 2.24) is 0 Å². The van der Waals surface area contributed by atoms with Crippen molar-refractivity contribution in [2.75, 3.05) is 6.61 Å². The molecule has 0 saturated carbocycles. The lowest BCUT2D eigenvalue weighted by Gasteiger charge is -2.26. The van der Waals surface area contributed by atoms with Crippen LogP contribution in [0.3, 0.4) is 0 Å². The van der Waals surface area contributed by atoms with Gasteiger partial charge in [0.2, 0.25) is 0 Å². The molecule has 0 aliphatic carbocycles. The molecule has 0 rings (SSSR count). The van der Waals surface area contributed by atoms with E-state index < -0.39 is 24.0 Å². The Bertz CT molecular complexity index is 309. The zero-order chi connectivity index (χ0) is 14.3. The molecule has 0 heterocycles. The molecule has 0 saturated heterocycles. The van der Waals surface area contributed by atoms with Crippen molar-refractivity contribution in [2.45, 2.75) is 47.1 Å². The Hall–Kier alpha value is -1.39. The van der Waals surface area contributed by atoms with E-state index in [1.54, 1.807) is 6.92 Å². The number of ether oxygens (including phenoxy) is 2. The van der Waals surface area contributed by atoms with E-state index in [9.17, 15) is 14.4 Å². The van der Waals surface area contributed by atoms with Crippen LogP contribution in [0.2, 0.25) is 0 Å². The molecule has 0 aliphatic heterocycles. The smallest absolute Gasteiger partial charge is 0.302 e. The molecule has 5 nitrogen and oxygen atoms in total. The Balaban J connectivity index is 4.37. The van der Waals surface area contributed by atoms with Crippen molar-refractivity contribution < 1.29 is 23.9 Å². The highest BCUT2D eigenvalue weighted by Gasteiger charge is 2.28. The van der Waals surface area contributed by atoms with Crippen LogP contribution in [0, 0.1) is 11.8 Å². The lowest BCUT2D eigenvalue weighted by atomic mass is 9.90. The summed E-state index contributed by atoms with van der Waals surface area (Å²) in [7, 11) is 0. The molecular formula is C13H22O5. The van der Waals surface area contributed by atoms with E-state index >= 15 is 0 Å². The zero-order valence-electron chi connectivity index (χ0n) is 11.7. The van der Waals surface area contributed by atoms with Gasteiger partial charge in [0.1, 0.15) is 11.9 Å². The van der Waals surface area contributed by atoms with Crippen molar-refractivity contribution in [1.29, 1.82) is 0 Å². The van der Waals surface area contributed by atoms with Crippen LogP contribution in [0.1, 0.15) is 41.0 Å². The van der Waals surface area contributed by atoms with E-state index in [2.05, 4.69) is 0 Å². The Labute approximate surface area is 108 Å². The van der Waals surface area contributed by atoms with Gasteiger partial charge in [0.05, 0.1) is 12.5 Å². The number of rotatable bonds is 7. The molecule has 18 heavy (non-hydrogen) atoms. The summed E-state index contributed by atoms with van der Waals surface area (Å²) in [5.74, 6) is -1.22. The Morgan fingerprint density at radius 1 is 1.00 bits per heavy atom. The summed E-state index contributed by atoms with van der Waals surface area (Å²) >= 11 is 0. The number of esters is 2. The van der Waals surface area contributed by atoms with Crippen LogP contribution in [-0.2, 0) is 23.9 Å². The van der Waals surface area contributed by atoms with Crippen LogP contribution in [0.15, 0.2) is 0 Å².